The summed E-state index contributed by atoms with van der Waals surface area (Å²) in [6.07, 6.45) is 2.51. The summed E-state index contributed by atoms with van der Waals surface area (Å²) in [6, 6.07) is 1.02. The number of hydroxylamine groups is 2. The summed E-state index contributed by atoms with van der Waals surface area (Å²) in [4.78, 5) is 50.7. The molecular formula is C15H28N2O6Si2. The maximum Gasteiger partial charge on any atom is 0.333 e. The lowest BCUT2D eigenvalue weighted by Crippen LogP contribution is -2.32. The molecule has 8 nitrogen and oxygen atoms in total. The molecule has 142 valence electrons. The van der Waals surface area contributed by atoms with E-state index in [1.54, 1.807) is 0 Å². The van der Waals surface area contributed by atoms with E-state index in [2.05, 4.69) is 18.4 Å². The van der Waals surface area contributed by atoms with Crippen LogP contribution in [0.2, 0.25) is 19.1 Å². The number of nitrogens with zero attached hydrogens (tertiary/aromatic N) is 1. The maximum absolute atomic E-state index is 11.7. The van der Waals surface area contributed by atoms with Gasteiger partial charge in [-0.2, -0.15) is 0 Å². The molecule has 1 heterocycles. The van der Waals surface area contributed by atoms with Crippen molar-refractivity contribution in [2.45, 2.75) is 64.1 Å². The molecule has 0 bridgehead atoms. The largest absolute Gasteiger partial charge is 0.463 e. The molecule has 1 saturated heterocycles. The van der Waals surface area contributed by atoms with Gasteiger partial charge in [0.25, 0.3) is 11.8 Å². The van der Waals surface area contributed by atoms with Crippen LogP contribution >= 0.6 is 0 Å². The highest BCUT2D eigenvalue weighted by Gasteiger charge is 2.32. The Labute approximate surface area is 152 Å². The van der Waals surface area contributed by atoms with Crippen molar-refractivity contribution in [2.75, 3.05) is 6.54 Å². The van der Waals surface area contributed by atoms with E-state index in [0.29, 0.717) is 30.9 Å². The van der Waals surface area contributed by atoms with Crippen LogP contribution in [0.3, 0.4) is 0 Å². The monoisotopic (exact) mass is 388 g/mol. The fourth-order valence-electron chi connectivity index (χ4n) is 2.29. The minimum Gasteiger partial charge on any atom is -0.463 e. The standard InChI is InChI=1S/C15H28N2O6Si2/c1-25(2,23-24)11-5-10-16-12(18)6-3-4-7-15(21)22-17-13(19)8-9-14(17)20/h3-11H2,1-2,24H3,(H,16,18). The van der Waals surface area contributed by atoms with Gasteiger partial charge in [0.2, 0.25) is 5.91 Å². The molecule has 25 heavy (non-hydrogen) atoms. The van der Waals surface area contributed by atoms with Gasteiger partial charge in [-0.3, -0.25) is 14.4 Å². The third kappa shape index (κ3) is 8.41. The Bertz CT molecular complexity index is 496. The number of imide groups is 1. The van der Waals surface area contributed by atoms with E-state index in [1.165, 1.54) is 0 Å². The van der Waals surface area contributed by atoms with E-state index in [4.69, 9.17) is 8.95 Å². The summed E-state index contributed by atoms with van der Waals surface area (Å²) in [7, 11) is -0.753. The highest BCUT2D eigenvalue weighted by molar-refractivity contribution is 6.73. The molecule has 1 N–H and O–H groups in total. The molecule has 0 spiro atoms. The van der Waals surface area contributed by atoms with Gasteiger partial charge in [-0.1, -0.05) is 0 Å². The van der Waals surface area contributed by atoms with Gasteiger partial charge in [-0.05, 0) is 38.4 Å². The van der Waals surface area contributed by atoms with E-state index in [0.717, 1.165) is 23.0 Å². The van der Waals surface area contributed by atoms with Gasteiger partial charge in [0.1, 0.15) is 10.5 Å². The molecule has 1 fully saturated rings. The smallest absolute Gasteiger partial charge is 0.333 e. The van der Waals surface area contributed by atoms with Crippen molar-refractivity contribution in [3.8, 4) is 0 Å². The van der Waals surface area contributed by atoms with Crippen molar-refractivity contribution >= 4 is 42.5 Å². The molecule has 0 aliphatic carbocycles. The Balaban J connectivity index is 2.06. The van der Waals surface area contributed by atoms with Gasteiger partial charge in [0.05, 0.1) is 0 Å². The lowest BCUT2D eigenvalue weighted by Gasteiger charge is -2.20. The predicted molar refractivity (Wildman–Crippen MR) is 96.6 cm³/mol. The summed E-state index contributed by atoms with van der Waals surface area (Å²) in [5, 5.41) is 3.41. The number of hydrogen-bond acceptors (Lipinski definition) is 6. The number of carbonyl (C=O) groups is 4. The second-order valence-corrected chi connectivity index (χ2v) is 12.3. The minimum atomic E-state index is -1.51. The highest BCUT2D eigenvalue weighted by Crippen LogP contribution is 2.13. The first kappa shape index (κ1) is 21.5. The summed E-state index contributed by atoms with van der Waals surface area (Å²) in [6.45, 7) is 4.98. The van der Waals surface area contributed by atoms with Crippen molar-refractivity contribution in [1.29, 1.82) is 0 Å². The van der Waals surface area contributed by atoms with E-state index in [9.17, 15) is 19.2 Å². The fourth-order valence-corrected chi connectivity index (χ4v) is 4.14. The van der Waals surface area contributed by atoms with Crippen molar-refractivity contribution in [1.82, 2.24) is 10.4 Å². The Hall–Kier alpha value is -1.53. The molecule has 0 atom stereocenters. The van der Waals surface area contributed by atoms with Crippen LogP contribution in [0.4, 0.5) is 0 Å². The first-order valence-corrected chi connectivity index (χ1v) is 12.6. The average molecular weight is 389 g/mol. The van der Waals surface area contributed by atoms with E-state index >= 15 is 0 Å². The van der Waals surface area contributed by atoms with Gasteiger partial charge in [-0.15, -0.1) is 5.06 Å². The molecule has 1 rings (SSSR count). The van der Waals surface area contributed by atoms with Crippen molar-refractivity contribution in [2.24, 2.45) is 0 Å². The second-order valence-electron chi connectivity index (χ2n) is 6.67. The number of unbranched alkanes of at least 4 members (excludes halogenated alkanes) is 1. The molecule has 1 aliphatic heterocycles. The summed E-state index contributed by atoms with van der Waals surface area (Å²) >= 11 is 0. The Morgan fingerprint density at radius 2 is 1.72 bits per heavy atom. The highest BCUT2D eigenvalue weighted by atomic mass is 28.4. The molecular weight excluding hydrogens is 360 g/mol. The molecule has 0 aromatic rings. The average Bonchev–Trinajstić information content (AvgIpc) is 2.87. The quantitative estimate of drug-likeness (QED) is 0.307. The zero-order valence-corrected chi connectivity index (χ0v) is 18.3. The summed E-state index contributed by atoms with van der Waals surface area (Å²) in [5.74, 6) is -1.64. The summed E-state index contributed by atoms with van der Waals surface area (Å²) < 4.78 is 5.58. The molecule has 0 radical (unpaired) electrons. The van der Waals surface area contributed by atoms with Gasteiger partial charge in [-0.25, -0.2) is 4.79 Å². The Morgan fingerprint density at radius 1 is 1.12 bits per heavy atom. The van der Waals surface area contributed by atoms with Crippen molar-refractivity contribution in [3.05, 3.63) is 0 Å². The number of carbonyl (C=O) groups excluding carboxylic acids is 4. The molecule has 0 aromatic heterocycles. The number of amides is 3. The van der Waals surface area contributed by atoms with Crippen LogP contribution in [0, 0.1) is 0 Å². The van der Waals surface area contributed by atoms with Gasteiger partial charge >= 0.3 is 5.97 Å². The lowest BCUT2D eigenvalue weighted by atomic mass is 10.2. The number of rotatable bonds is 11. The number of hydrogen-bond donors (Lipinski definition) is 1. The van der Waals surface area contributed by atoms with E-state index in [-0.39, 0.29) is 25.2 Å². The van der Waals surface area contributed by atoms with Crippen LogP contribution in [0.1, 0.15) is 44.9 Å². The van der Waals surface area contributed by atoms with Crippen molar-refractivity contribution in [3.63, 3.8) is 0 Å². The van der Waals surface area contributed by atoms with Crippen molar-refractivity contribution < 1.29 is 28.1 Å². The Kier molecular flexibility index (Phi) is 9.00. The predicted octanol–water partition coefficient (Wildman–Crippen LogP) is 0.162. The molecule has 0 unspecified atom stereocenters. The van der Waals surface area contributed by atoms with Gasteiger partial charge < -0.3 is 14.3 Å². The van der Waals surface area contributed by atoms with Gasteiger partial charge in [0, 0.05) is 32.2 Å². The SMILES string of the molecule is C[Si](C)(CCCNC(=O)CCCCC(=O)ON1C(=O)CCC1=O)O[SiH3]. The molecule has 1 aliphatic rings. The molecule has 0 saturated carbocycles. The summed E-state index contributed by atoms with van der Waals surface area (Å²) in [5.41, 5.74) is 0. The van der Waals surface area contributed by atoms with Crippen LogP contribution < -0.4 is 5.32 Å². The minimum absolute atomic E-state index is 0.0375. The topological polar surface area (TPSA) is 102 Å². The second kappa shape index (κ2) is 10.5. The Morgan fingerprint density at radius 3 is 2.32 bits per heavy atom. The number of nitrogens with one attached hydrogen (secondary N) is 1. The van der Waals surface area contributed by atoms with E-state index < -0.39 is 26.1 Å². The normalized spacial score (nSPS) is 14.9. The molecule has 10 heteroatoms. The molecule has 3 amide bonds. The van der Waals surface area contributed by atoms with Crippen LogP contribution in [0.15, 0.2) is 0 Å². The first-order valence-electron chi connectivity index (χ1n) is 8.63. The zero-order valence-electron chi connectivity index (χ0n) is 15.3. The third-order valence-electron chi connectivity index (χ3n) is 4.06. The third-order valence-corrected chi connectivity index (χ3v) is 10.0. The lowest BCUT2D eigenvalue weighted by molar-refractivity contribution is -0.197. The van der Waals surface area contributed by atoms with Gasteiger partial charge in [0.15, 0.2) is 8.32 Å². The van der Waals surface area contributed by atoms with Crippen LogP contribution in [0.25, 0.3) is 0 Å². The molecule has 0 aromatic carbocycles. The maximum atomic E-state index is 11.7. The van der Waals surface area contributed by atoms with Crippen LogP contribution in [0.5, 0.6) is 0 Å². The fraction of sp³-hybridized carbons (Fsp3) is 0.733. The zero-order chi connectivity index (χ0) is 18.9. The van der Waals surface area contributed by atoms with E-state index in [1.807, 2.05) is 0 Å². The van der Waals surface area contributed by atoms with Crippen LogP contribution in [-0.2, 0) is 28.1 Å². The first-order chi connectivity index (χ1) is 11.7. The van der Waals surface area contributed by atoms with Crippen LogP contribution in [-0.4, -0.2) is 54.1 Å².